The Bertz CT molecular complexity index is 300. The summed E-state index contributed by atoms with van der Waals surface area (Å²) >= 11 is 0. The molecule has 0 saturated heterocycles. The summed E-state index contributed by atoms with van der Waals surface area (Å²) in [5.74, 6) is -1.36. The second-order valence-electron chi connectivity index (χ2n) is 2.42. The molecule has 0 spiro atoms. The Morgan fingerprint density at radius 1 is 1.15 bits per heavy atom. The van der Waals surface area contributed by atoms with Gasteiger partial charge in [0.05, 0.1) is 0 Å². The quantitative estimate of drug-likeness (QED) is 0.502. The van der Waals surface area contributed by atoms with Crippen molar-refractivity contribution in [1.82, 2.24) is 0 Å². The van der Waals surface area contributed by atoms with Gasteiger partial charge in [-0.05, 0) is 12.1 Å². The maximum Gasteiger partial charge on any atom is 0.204 e. The van der Waals surface area contributed by atoms with Gasteiger partial charge in [-0.3, -0.25) is 0 Å². The zero-order chi connectivity index (χ0) is 9.84. The molecule has 5 heteroatoms. The molecule has 1 aromatic rings. The lowest BCUT2D eigenvalue weighted by Crippen LogP contribution is -2.10. The van der Waals surface area contributed by atoms with Gasteiger partial charge in [0.1, 0.15) is 6.61 Å². The van der Waals surface area contributed by atoms with E-state index >= 15 is 0 Å². The highest BCUT2D eigenvalue weighted by Crippen LogP contribution is 2.41. The first kappa shape index (κ1) is 9.47. The van der Waals surface area contributed by atoms with Gasteiger partial charge in [0.2, 0.25) is 11.5 Å². The zero-order valence-electron chi connectivity index (χ0n) is 6.90. The van der Waals surface area contributed by atoms with Gasteiger partial charge in [0, 0.05) is 6.54 Å². The summed E-state index contributed by atoms with van der Waals surface area (Å²) in [5.41, 5.74) is 5.18. The SMILES string of the molecule is NCCOc1ccc(O)c(O)c1O. The van der Waals surface area contributed by atoms with Crippen LogP contribution in [0.1, 0.15) is 0 Å². The maximum absolute atomic E-state index is 9.23. The third-order valence-electron chi connectivity index (χ3n) is 1.47. The van der Waals surface area contributed by atoms with E-state index in [2.05, 4.69) is 0 Å². The highest BCUT2D eigenvalue weighted by atomic mass is 16.5. The van der Waals surface area contributed by atoms with Crippen LogP contribution >= 0.6 is 0 Å². The molecule has 1 rings (SSSR count). The smallest absolute Gasteiger partial charge is 0.204 e. The van der Waals surface area contributed by atoms with E-state index in [4.69, 9.17) is 20.7 Å². The van der Waals surface area contributed by atoms with Gasteiger partial charge in [0.25, 0.3) is 0 Å². The standard InChI is InChI=1S/C8H11NO4/c9-3-4-13-6-2-1-5(10)7(11)8(6)12/h1-2,10-12H,3-4,9H2. The monoisotopic (exact) mass is 185 g/mol. The number of benzene rings is 1. The molecule has 13 heavy (non-hydrogen) atoms. The number of phenols is 3. The van der Waals surface area contributed by atoms with E-state index in [1.54, 1.807) is 0 Å². The van der Waals surface area contributed by atoms with E-state index < -0.39 is 17.2 Å². The van der Waals surface area contributed by atoms with Crippen LogP contribution < -0.4 is 10.5 Å². The Hall–Kier alpha value is -1.62. The molecule has 5 nitrogen and oxygen atoms in total. The summed E-state index contributed by atoms with van der Waals surface area (Å²) < 4.78 is 4.98. The molecule has 0 aromatic heterocycles. The summed E-state index contributed by atoms with van der Waals surface area (Å²) in [7, 11) is 0. The second kappa shape index (κ2) is 3.86. The predicted octanol–water partition coefficient (Wildman–Crippen LogP) is 0.141. The Morgan fingerprint density at radius 2 is 1.85 bits per heavy atom. The minimum absolute atomic E-state index is 0.0979. The van der Waals surface area contributed by atoms with Crippen LogP contribution in [0.5, 0.6) is 23.0 Å². The third-order valence-corrected chi connectivity index (χ3v) is 1.47. The lowest BCUT2D eigenvalue weighted by molar-refractivity contribution is 0.296. The minimum Gasteiger partial charge on any atom is -0.504 e. The van der Waals surface area contributed by atoms with Crippen LogP contribution in [0.3, 0.4) is 0 Å². The van der Waals surface area contributed by atoms with Crippen LogP contribution in [0.15, 0.2) is 12.1 Å². The normalized spacial score (nSPS) is 9.92. The molecule has 0 unspecified atom stereocenters. The number of hydrogen-bond acceptors (Lipinski definition) is 5. The van der Waals surface area contributed by atoms with Crippen LogP contribution in [0.4, 0.5) is 0 Å². The molecule has 5 N–H and O–H groups in total. The number of hydrogen-bond donors (Lipinski definition) is 4. The van der Waals surface area contributed by atoms with Crippen LogP contribution in [0, 0.1) is 0 Å². The molecule has 0 aliphatic carbocycles. The Balaban J connectivity index is 2.90. The van der Waals surface area contributed by atoms with E-state index in [1.807, 2.05) is 0 Å². The lowest BCUT2D eigenvalue weighted by atomic mass is 10.3. The van der Waals surface area contributed by atoms with Crippen molar-refractivity contribution < 1.29 is 20.1 Å². The Labute approximate surface area is 75.0 Å². The molecule has 0 bridgehead atoms. The fourth-order valence-electron chi connectivity index (χ4n) is 0.836. The second-order valence-corrected chi connectivity index (χ2v) is 2.42. The number of ether oxygens (including phenoxy) is 1. The highest BCUT2D eigenvalue weighted by molar-refractivity contribution is 5.56. The van der Waals surface area contributed by atoms with E-state index in [1.165, 1.54) is 12.1 Å². The summed E-state index contributed by atoms with van der Waals surface area (Å²) in [6.07, 6.45) is 0. The molecule has 0 saturated carbocycles. The van der Waals surface area contributed by atoms with Crippen molar-refractivity contribution in [2.24, 2.45) is 5.73 Å². The van der Waals surface area contributed by atoms with E-state index in [9.17, 15) is 5.11 Å². The molecule has 0 aliphatic heterocycles. The average Bonchev–Trinajstić information content (AvgIpc) is 2.13. The highest BCUT2D eigenvalue weighted by Gasteiger charge is 2.11. The van der Waals surface area contributed by atoms with Gasteiger partial charge in [-0.2, -0.15) is 0 Å². The maximum atomic E-state index is 9.23. The van der Waals surface area contributed by atoms with Gasteiger partial charge in [-0.15, -0.1) is 0 Å². The molecule has 0 atom stereocenters. The Kier molecular flexibility index (Phi) is 2.81. The summed E-state index contributed by atoms with van der Waals surface area (Å²) in [6, 6.07) is 2.57. The van der Waals surface area contributed by atoms with Crippen LogP contribution in [-0.4, -0.2) is 28.5 Å². The third kappa shape index (κ3) is 1.94. The first-order valence-electron chi connectivity index (χ1n) is 3.73. The lowest BCUT2D eigenvalue weighted by Gasteiger charge is -2.08. The van der Waals surface area contributed by atoms with Crippen molar-refractivity contribution in [1.29, 1.82) is 0 Å². The number of nitrogens with two attached hydrogens (primary N) is 1. The molecule has 0 fully saturated rings. The molecular formula is C8H11NO4. The molecule has 0 amide bonds. The van der Waals surface area contributed by atoms with Crippen molar-refractivity contribution in [2.75, 3.05) is 13.2 Å². The van der Waals surface area contributed by atoms with Gasteiger partial charge in [-0.25, -0.2) is 0 Å². The predicted molar refractivity (Wildman–Crippen MR) is 46.0 cm³/mol. The number of aromatic hydroxyl groups is 3. The van der Waals surface area contributed by atoms with Crippen molar-refractivity contribution in [3.8, 4) is 23.0 Å². The van der Waals surface area contributed by atoms with Gasteiger partial charge in [-0.1, -0.05) is 0 Å². The molecule has 0 heterocycles. The average molecular weight is 185 g/mol. The van der Waals surface area contributed by atoms with Crippen molar-refractivity contribution in [3.63, 3.8) is 0 Å². The molecule has 0 aliphatic rings. The van der Waals surface area contributed by atoms with Crippen molar-refractivity contribution in [3.05, 3.63) is 12.1 Å². The molecular weight excluding hydrogens is 174 g/mol. The van der Waals surface area contributed by atoms with Crippen LogP contribution in [0.2, 0.25) is 0 Å². The van der Waals surface area contributed by atoms with Gasteiger partial charge >= 0.3 is 0 Å². The van der Waals surface area contributed by atoms with Crippen molar-refractivity contribution >= 4 is 0 Å². The minimum atomic E-state index is -0.588. The van der Waals surface area contributed by atoms with Crippen molar-refractivity contribution in [2.45, 2.75) is 0 Å². The summed E-state index contributed by atoms with van der Waals surface area (Å²) in [5, 5.41) is 27.3. The summed E-state index contributed by atoms with van der Waals surface area (Å²) in [4.78, 5) is 0. The largest absolute Gasteiger partial charge is 0.504 e. The van der Waals surface area contributed by atoms with E-state index in [-0.39, 0.29) is 12.4 Å². The van der Waals surface area contributed by atoms with Crippen LogP contribution in [0.25, 0.3) is 0 Å². The zero-order valence-corrected chi connectivity index (χ0v) is 6.90. The first-order valence-corrected chi connectivity index (χ1v) is 3.73. The summed E-state index contributed by atoms with van der Waals surface area (Å²) in [6.45, 7) is 0.541. The fourth-order valence-corrected chi connectivity index (χ4v) is 0.836. The fraction of sp³-hybridized carbons (Fsp3) is 0.250. The number of phenolic OH excluding ortho intramolecular Hbond substituents is 3. The Morgan fingerprint density at radius 3 is 2.46 bits per heavy atom. The number of rotatable bonds is 3. The van der Waals surface area contributed by atoms with E-state index in [0.717, 1.165) is 0 Å². The van der Waals surface area contributed by atoms with Gasteiger partial charge < -0.3 is 25.8 Å². The molecule has 0 radical (unpaired) electrons. The van der Waals surface area contributed by atoms with E-state index in [0.29, 0.717) is 6.54 Å². The van der Waals surface area contributed by atoms with Gasteiger partial charge in [0.15, 0.2) is 11.5 Å². The topological polar surface area (TPSA) is 95.9 Å². The van der Waals surface area contributed by atoms with Crippen LogP contribution in [-0.2, 0) is 0 Å². The molecule has 72 valence electrons. The molecule has 1 aromatic carbocycles. The first-order chi connectivity index (χ1) is 6.16.